The van der Waals surface area contributed by atoms with Gasteiger partial charge in [-0.15, -0.1) is 6.58 Å². The van der Waals surface area contributed by atoms with E-state index in [2.05, 4.69) is 43.9 Å². The lowest BCUT2D eigenvalue weighted by atomic mass is 9.76. The van der Waals surface area contributed by atoms with Crippen molar-refractivity contribution in [2.75, 3.05) is 0 Å². The molecule has 0 heterocycles. The number of benzene rings is 2. The average molecular weight is 489 g/mol. The molecule has 3 aliphatic rings. The number of halogens is 2. The highest BCUT2D eigenvalue weighted by Gasteiger charge is 2.26. The Kier molecular flexibility index (Phi) is 8.09. The van der Waals surface area contributed by atoms with Gasteiger partial charge < -0.3 is 0 Å². The Bertz CT molecular complexity index is 1080. The second-order valence-corrected chi connectivity index (χ2v) is 11.7. The first-order chi connectivity index (χ1) is 17.6. The third-order valence-electron chi connectivity index (χ3n) is 9.69. The lowest BCUT2D eigenvalue weighted by Gasteiger charge is -2.29. The molecule has 2 saturated carbocycles. The Morgan fingerprint density at radius 3 is 2.06 bits per heavy atom. The maximum absolute atomic E-state index is 15.2. The Balaban J connectivity index is 1.22. The molecule has 192 valence electrons. The van der Waals surface area contributed by atoms with Crippen LogP contribution in [0.1, 0.15) is 124 Å². The molecule has 1 atom stereocenters. The summed E-state index contributed by atoms with van der Waals surface area (Å²) in [6, 6.07) is 11.9. The van der Waals surface area contributed by atoms with Gasteiger partial charge in [0.15, 0.2) is 0 Å². The van der Waals surface area contributed by atoms with Crippen LogP contribution in [-0.4, -0.2) is 0 Å². The van der Waals surface area contributed by atoms with Gasteiger partial charge >= 0.3 is 0 Å². The summed E-state index contributed by atoms with van der Waals surface area (Å²) in [5, 5.41) is 0. The first-order valence-corrected chi connectivity index (χ1v) is 14.5. The van der Waals surface area contributed by atoms with E-state index < -0.39 is 0 Å². The van der Waals surface area contributed by atoms with Crippen molar-refractivity contribution in [3.8, 4) is 0 Å². The van der Waals surface area contributed by atoms with Crippen LogP contribution >= 0.6 is 0 Å². The second kappa shape index (κ2) is 11.4. The van der Waals surface area contributed by atoms with E-state index in [1.54, 1.807) is 12.1 Å². The van der Waals surface area contributed by atoms with E-state index in [9.17, 15) is 0 Å². The van der Waals surface area contributed by atoms with Crippen molar-refractivity contribution in [2.24, 2.45) is 11.8 Å². The van der Waals surface area contributed by atoms with Crippen molar-refractivity contribution in [1.82, 2.24) is 0 Å². The molecule has 0 amide bonds. The minimum atomic E-state index is -0.0868. The topological polar surface area (TPSA) is 0 Å². The molecule has 0 saturated heterocycles. The van der Waals surface area contributed by atoms with E-state index in [4.69, 9.17) is 0 Å². The van der Waals surface area contributed by atoms with Crippen molar-refractivity contribution >= 4 is 5.57 Å². The lowest BCUT2D eigenvalue weighted by Crippen LogP contribution is -2.14. The van der Waals surface area contributed by atoms with Crippen molar-refractivity contribution in [2.45, 2.75) is 102 Å². The molecule has 0 radical (unpaired) electrons. The maximum atomic E-state index is 15.2. The summed E-state index contributed by atoms with van der Waals surface area (Å²) in [6.07, 6.45) is 17.4. The summed E-state index contributed by atoms with van der Waals surface area (Å²) in [7, 11) is 0. The number of hydrogen-bond acceptors (Lipinski definition) is 0. The molecule has 1 unspecified atom stereocenters. The van der Waals surface area contributed by atoms with Gasteiger partial charge in [-0.05, 0) is 135 Å². The highest BCUT2D eigenvalue weighted by atomic mass is 19.1. The van der Waals surface area contributed by atoms with Gasteiger partial charge in [-0.25, -0.2) is 8.78 Å². The molecule has 5 rings (SSSR count). The standard InChI is InChI=1S/C34H42F2/c1-3-23-5-9-25(10-6-23)29-17-20-32(34(36)21-29)28-15-13-26(14-16-28)30-18-19-31(33(35)22-30)27-11-7-24(4-2)8-12-27/h3,15,17-27H,1,4-14,16H2,2H3. The lowest BCUT2D eigenvalue weighted by molar-refractivity contribution is 0.314. The molecule has 3 aliphatic carbocycles. The molecular weight excluding hydrogens is 446 g/mol. The zero-order valence-corrected chi connectivity index (χ0v) is 22.0. The van der Waals surface area contributed by atoms with Gasteiger partial charge in [-0.3, -0.25) is 0 Å². The van der Waals surface area contributed by atoms with Crippen LogP contribution in [-0.2, 0) is 0 Å². The zero-order chi connectivity index (χ0) is 25.1. The van der Waals surface area contributed by atoms with Crippen molar-refractivity contribution in [1.29, 1.82) is 0 Å². The normalized spacial score (nSPS) is 29.0. The Morgan fingerprint density at radius 2 is 1.44 bits per heavy atom. The highest BCUT2D eigenvalue weighted by molar-refractivity contribution is 5.67. The van der Waals surface area contributed by atoms with Gasteiger partial charge in [-0.2, -0.15) is 0 Å². The SMILES string of the molecule is C=CC1CCC(c2ccc(C3=CCC(c4ccc(C5CCC(CC)CC5)c(F)c4)CC3)c(F)c2)CC1. The molecule has 0 spiro atoms. The van der Waals surface area contributed by atoms with E-state index in [0.717, 1.165) is 91.5 Å². The van der Waals surface area contributed by atoms with Gasteiger partial charge in [0.25, 0.3) is 0 Å². The van der Waals surface area contributed by atoms with Crippen LogP contribution in [0.4, 0.5) is 8.78 Å². The monoisotopic (exact) mass is 488 g/mol. The fourth-order valence-corrected chi connectivity index (χ4v) is 7.13. The molecule has 0 aliphatic heterocycles. The molecule has 2 heteroatoms. The Labute approximate surface area is 216 Å². The van der Waals surface area contributed by atoms with Crippen molar-refractivity contribution in [3.05, 3.63) is 89.0 Å². The van der Waals surface area contributed by atoms with Crippen LogP contribution in [0.25, 0.3) is 5.57 Å². The van der Waals surface area contributed by atoms with Crippen LogP contribution < -0.4 is 0 Å². The van der Waals surface area contributed by atoms with E-state index in [0.29, 0.717) is 23.7 Å². The predicted molar refractivity (Wildman–Crippen MR) is 147 cm³/mol. The number of rotatable bonds is 6. The van der Waals surface area contributed by atoms with Gasteiger partial charge in [0.1, 0.15) is 11.6 Å². The quantitative estimate of drug-likeness (QED) is 0.355. The third-order valence-corrected chi connectivity index (χ3v) is 9.69. The number of allylic oxidation sites excluding steroid dienone is 3. The fraction of sp³-hybridized carbons (Fsp3) is 0.529. The molecule has 0 N–H and O–H groups in total. The first kappa shape index (κ1) is 25.4. The van der Waals surface area contributed by atoms with Crippen molar-refractivity contribution in [3.63, 3.8) is 0 Å². The van der Waals surface area contributed by atoms with E-state index >= 15 is 8.78 Å². The van der Waals surface area contributed by atoms with E-state index in [1.807, 2.05) is 6.07 Å². The second-order valence-electron chi connectivity index (χ2n) is 11.7. The maximum Gasteiger partial charge on any atom is 0.130 e. The zero-order valence-electron chi connectivity index (χ0n) is 22.0. The third kappa shape index (κ3) is 5.53. The highest BCUT2D eigenvalue weighted by Crippen LogP contribution is 2.42. The molecule has 2 aromatic rings. The Morgan fingerprint density at radius 1 is 0.778 bits per heavy atom. The largest absolute Gasteiger partial charge is 0.207 e. The summed E-state index contributed by atoms with van der Waals surface area (Å²) >= 11 is 0. The van der Waals surface area contributed by atoms with Gasteiger partial charge in [-0.1, -0.05) is 49.8 Å². The molecule has 2 aromatic carbocycles. The average Bonchev–Trinajstić information content (AvgIpc) is 2.93. The van der Waals surface area contributed by atoms with E-state index in [-0.39, 0.29) is 11.6 Å². The summed E-state index contributed by atoms with van der Waals surface area (Å²) in [5.74, 6) is 2.50. The van der Waals surface area contributed by atoms with Crippen LogP contribution in [0.3, 0.4) is 0 Å². The van der Waals surface area contributed by atoms with Crippen LogP contribution in [0.2, 0.25) is 0 Å². The first-order valence-electron chi connectivity index (χ1n) is 14.5. The van der Waals surface area contributed by atoms with E-state index in [1.165, 1.54) is 19.3 Å². The summed E-state index contributed by atoms with van der Waals surface area (Å²) in [5.41, 5.74) is 5.02. The molecule has 36 heavy (non-hydrogen) atoms. The minimum Gasteiger partial charge on any atom is -0.207 e. The molecule has 0 aromatic heterocycles. The molecule has 2 fully saturated rings. The molecular formula is C34H42F2. The van der Waals surface area contributed by atoms with Gasteiger partial charge in [0.05, 0.1) is 0 Å². The minimum absolute atomic E-state index is 0.0222. The van der Waals surface area contributed by atoms with Crippen LogP contribution in [0.5, 0.6) is 0 Å². The summed E-state index contributed by atoms with van der Waals surface area (Å²) in [6.45, 7) is 6.20. The van der Waals surface area contributed by atoms with Crippen LogP contribution in [0.15, 0.2) is 55.1 Å². The molecule has 0 bridgehead atoms. The van der Waals surface area contributed by atoms with Gasteiger partial charge in [0, 0.05) is 5.56 Å². The number of hydrogen-bond donors (Lipinski definition) is 0. The molecule has 0 nitrogen and oxygen atoms in total. The fourth-order valence-electron chi connectivity index (χ4n) is 7.13. The summed E-state index contributed by atoms with van der Waals surface area (Å²) in [4.78, 5) is 0. The Hall–Kier alpha value is -2.22. The van der Waals surface area contributed by atoms with Crippen molar-refractivity contribution < 1.29 is 8.78 Å². The van der Waals surface area contributed by atoms with Gasteiger partial charge in [0.2, 0.25) is 0 Å². The predicted octanol–water partition coefficient (Wildman–Crippen LogP) is 10.5. The smallest absolute Gasteiger partial charge is 0.130 e. The van der Waals surface area contributed by atoms with Crippen LogP contribution in [0, 0.1) is 23.5 Å². The summed E-state index contributed by atoms with van der Waals surface area (Å²) < 4.78 is 30.3.